The summed E-state index contributed by atoms with van der Waals surface area (Å²) < 4.78 is 0. The first-order valence-electron chi connectivity index (χ1n) is 4.65. The number of carboxylic acid groups (broad SMARTS) is 1. The van der Waals surface area contributed by atoms with Gasteiger partial charge in [0.2, 0.25) is 0 Å². The van der Waals surface area contributed by atoms with Gasteiger partial charge in [-0.25, -0.2) is 4.79 Å². The van der Waals surface area contributed by atoms with E-state index in [-0.39, 0.29) is 5.56 Å². The van der Waals surface area contributed by atoms with Crippen LogP contribution in [0.2, 0.25) is 5.02 Å². The minimum absolute atomic E-state index is 0.195. The summed E-state index contributed by atoms with van der Waals surface area (Å²) in [5.74, 6) is -0.965. The van der Waals surface area contributed by atoms with Crippen LogP contribution in [0.5, 0.6) is 0 Å². The van der Waals surface area contributed by atoms with Crippen molar-refractivity contribution in [2.75, 3.05) is 0 Å². The van der Waals surface area contributed by atoms with Crippen molar-refractivity contribution in [3.63, 3.8) is 0 Å². The van der Waals surface area contributed by atoms with Crippen LogP contribution in [0.4, 0.5) is 0 Å². The molecule has 0 aliphatic carbocycles. The Bertz CT molecular complexity index is 359. The monoisotopic (exact) mass is 212 g/mol. The first-order chi connectivity index (χ1) is 6.61. The summed E-state index contributed by atoms with van der Waals surface area (Å²) in [5, 5.41) is 9.25. The van der Waals surface area contributed by atoms with Crippen LogP contribution < -0.4 is 0 Å². The van der Waals surface area contributed by atoms with Gasteiger partial charge in [-0.1, -0.05) is 31.5 Å². The molecule has 0 radical (unpaired) electrons. The van der Waals surface area contributed by atoms with E-state index in [4.69, 9.17) is 16.7 Å². The molecule has 1 N–H and O–H groups in total. The topological polar surface area (TPSA) is 37.3 Å². The second-order valence-corrected chi connectivity index (χ2v) is 3.46. The molecule has 0 atom stereocenters. The number of hydrogen-bond donors (Lipinski definition) is 1. The summed E-state index contributed by atoms with van der Waals surface area (Å²) in [6, 6.07) is 3.41. The SMILES string of the molecule is CCc1ccc(C(=O)O)c(Cl)c1CC. The van der Waals surface area contributed by atoms with Gasteiger partial charge in [-0.3, -0.25) is 0 Å². The van der Waals surface area contributed by atoms with Crippen LogP contribution in [0.1, 0.15) is 35.3 Å². The van der Waals surface area contributed by atoms with Crippen molar-refractivity contribution < 1.29 is 9.90 Å². The Labute approximate surface area is 88.5 Å². The fourth-order valence-corrected chi connectivity index (χ4v) is 1.94. The van der Waals surface area contributed by atoms with E-state index >= 15 is 0 Å². The molecule has 0 unspecified atom stereocenters. The zero-order valence-corrected chi connectivity index (χ0v) is 9.06. The van der Waals surface area contributed by atoms with Gasteiger partial charge in [-0.15, -0.1) is 0 Å². The van der Waals surface area contributed by atoms with E-state index in [0.29, 0.717) is 5.02 Å². The van der Waals surface area contributed by atoms with Crippen LogP contribution in [-0.2, 0) is 12.8 Å². The molecule has 0 fully saturated rings. The van der Waals surface area contributed by atoms with Crippen molar-refractivity contribution in [1.29, 1.82) is 0 Å². The molecule has 0 spiro atoms. The highest BCUT2D eigenvalue weighted by Crippen LogP contribution is 2.25. The quantitative estimate of drug-likeness (QED) is 0.836. The van der Waals surface area contributed by atoms with E-state index in [1.807, 2.05) is 19.9 Å². The number of aryl methyl sites for hydroxylation is 1. The van der Waals surface area contributed by atoms with Crippen molar-refractivity contribution in [2.45, 2.75) is 26.7 Å². The van der Waals surface area contributed by atoms with Gasteiger partial charge in [-0.05, 0) is 30.0 Å². The summed E-state index contributed by atoms with van der Waals surface area (Å²) in [6.07, 6.45) is 1.64. The van der Waals surface area contributed by atoms with Crippen molar-refractivity contribution in [3.8, 4) is 0 Å². The van der Waals surface area contributed by atoms with Crippen molar-refractivity contribution in [2.24, 2.45) is 0 Å². The number of aromatic carboxylic acids is 1. The number of halogens is 1. The van der Waals surface area contributed by atoms with Crippen LogP contribution in [0.15, 0.2) is 12.1 Å². The summed E-state index contributed by atoms with van der Waals surface area (Å²) in [7, 11) is 0. The second-order valence-electron chi connectivity index (χ2n) is 3.08. The average Bonchev–Trinajstić information content (AvgIpc) is 2.16. The van der Waals surface area contributed by atoms with Crippen LogP contribution >= 0.6 is 11.6 Å². The highest BCUT2D eigenvalue weighted by atomic mass is 35.5. The Balaban J connectivity index is 3.34. The average molecular weight is 213 g/mol. The molecule has 0 aromatic heterocycles. The zero-order chi connectivity index (χ0) is 10.7. The van der Waals surface area contributed by atoms with E-state index in [9.17, 15) is 4.79 Å². The predicted octanol–water partition coefficient (Wildman–Crippen LogP) is 3.16. The first kappa shape index (κ1) is 11.1. The minimum Gasteiger partial charge on any atom is -0.478 e. The number of benzene rings is 1. The predicted molar refractivity (Wildman–Crippen MR) is 57.2 cm³/mol. The summed E-state index contributed by atoms with van der Waals surface area (Å²) >= 11 is 6.01. The Morgan fingerprint density at radius 1 is 1.36 bits per heavy atom. The molecule has 0 amide bonds. The summed E-state index contributed by atoms with van der Waals surface area (Å²) in [6.45, 7) is 4.01. The van der Waals surface area contributed by atoms with Gasteiger partial charge in [0.15, 0.2) is 0 Å². The number of hydrogen-bond acceptors (Lipinski definition) is 1. The molecular formula is C11H13ClO2. The van der Waals surface area contributed by atoms with Crippen molar-refractivity contribution in [1.82, 2.24) is 0 Å². The van der Waals surface area contributed by atoms with Crippen molar-refractivity contribution >= 4 is 17.6 Å². The molecule has 0 saturated carbocycles. The smallest absolute Gasteiger partial charge is 0.337 e. The number of carbonyl (C=O) groups is 1. The molecular weight excluding hydrogens is 200 g/mol. The lowest BCUT2D eigenvalue weighted by atomic mass is 10.00. The normalized spacial score (nSPS) is 10.2. The lowest BCUT2D eigenvalue weighted by Crippen LogP contribution is -2.02. The van der Waals surface area contributed by atoms with Crippen molar-refractivity contribution in [3.05, 3.63) is 33.8 Å². The maximum atomic E-state index is 10.8. The van der Waals surface area contributed by atoms with Gasteiger partial charge in [-0.2, -0.15) is 0 Å². The number of carboxylic acids is 1. The lowest BCUT2D eigenvalue weighted by molar-refractivity contribution is 0.0697. The van der Waals surface area contributed by atoms with Gasteiger partial charge in [0.1, 0.15) is 0 Å². The van der Waals surface area contributed by atoms with Crippen LogP contribution in [0.25, 0.3) is 0 Å². The third-order valence-corrected chi connectivity index (χ3v) is 2.74. The standard InChI is InChI=1S/C11H13ClO2/c1-3-7-5-6-9(11(13)14)10(12)8(7)4-2/h5-6H,3-4H2,1-2H3,(H,13,14). The summed E-state index contributed by atoms with van der Waals surface area (Å²) in [4.78, 5) is 10.8. The van der Waals surface area contributed by atoms with Gasteiger partial charge in [0.25, 0.3) is 0 Å². The lowest BCUT2D eigenvalue weighted by Gasteiger charge is -2.09. The highest BCUT2D eigenvalue weighted by molar-refractivity contribution is 6.34. The van der Waals surface area contributed by atoms with Crippen LogP contribution in [0.3, 0.4) is 0 Å². The van der Waals surface area contributed by atoms with E-state index < -0.39 is 5.97 Å². The van der Waals surface area contributed by atoms with Gasteiger partial charge in [0, 0.05) is 0 Å². The molecule has 3 heteroatoms. The number of rotatable bonds is 3. The maximum absolute atomic E-state index is 10.8. The first-order valence-corrected chi connectivity index (χ1v) is 5.03. The van der Waals surface area contributed by atoms with Crippen LogP contribution in [-0.4, -0.2) is 11.1 Å². The third-order valence-electron chi connectivity index (χ3n) is 2.31. The summed E-state index contributed by atoms with van der Waals surface area (Å²) in [5.41, 5.74) is 2.28. The maximum Gasteiger partial charge on any atom is 0.337 e. The molecule has 1 rings (SSSR count). The van der Waals surface area contributed by atoms with Gasteiger partial charge < -0.3 is 5.11 Å². The molecule has 2 nitrogen and oxygen atoms in total. The molecule has 0 heterocycles. The highest BCUT2D eigenvalue weighted by Gasteiger charge is 2.13. The van der Waals surface area contributed by atoms with Crippen LogP contribution in [0, 0.1) is 0 Å². The van der Waals surface area contributed by atoms with E-state index in [2.05, 4.69) is 0 Å². The third kappa shape index (κ3) is 1.90. The van der Waals surface area contributed by atoms with E-state index in [1.54, 1.807) is 6.07 Å². The molecule has 1 aromatic rings. The van der Waals surface area contributed by atoms with Gasteiger partial charge in [0.05, 0.1) is 10.6 Å². The van der Waals surface area contributed by atoms with E-state index in [1.165, 1.54) is 0 Å². The Morgan fingerprint density at radius 2 is 2.00 bits per heavy atom. The second kappa shape index (κ2) is 4.47. The Kier molecular flexibility index (Phi) is 3.53. The molecule has 0 aliphatic heterocycles. The minimum atomic E-state index is -0.965. The fourth-order valence-electron chi connectivity index (χ4n) is 1.54. The fraction of sp³-hybridized carbons (Fsp3) is 0.364. The molecule has 0 aliphatic rings. The molecule has 76 valence electrons. The molecule has 1 aromatic carbocycles. The Morgan fingerprint density at radius 3 is 2.43 bits per heavy atom. The molecule has 14 heavy (non-hydrogen) atoms. The van der Waals surface area contributed by atoms with Gasteiger partial charge >= 0.3 is 5.97 Å². The zero-order valence-electron chi connectivity index (χ0n) is 8.30. The molecule has 0 bridgehead atoms. The largest absolute Gasteiger partial charge is 0.478 e. The Hall–Kier alpha value is -1.02. The molecule has 0 saturated heterocycles. The van der Waals surface area contributed by atoms with E-state index in [0.717, 1.165) is 24.0 Å².